The van der Waals surface area contributed by atoms with Gasteiger partial charge in [0, 0.05) is 5.92 Å². The maximum Gasteiger partial charge on any atom is 0.353 e. The molecule has 1 saturated carbocycles. The van der Waals surface area contributed by atoms with E-state index in [1.165, 1.54) is 13.5 Å². The summed E-state index contributed by atoms with van der Waals surface area (Å²) in [5, 5.41) is 12.6. The number of carbonyl (C=O) groups is 1. The molecule has 4 heteroatoms. The zero-order valence-corrected chi connectivity index (χ0v) is 8.69. The highest BCUT2D eigenvalue weighted by atomic mass is 16.6. The summed E-state index contributed by atoms with van der Waals surface area (Å²) in [4.78, 5) is 15.5. The Bertz CT molecular complexity index is 238. The Balaban J connectivity index is 2.76. The first kappa shape index (κ1) is 11.0. The minimum atomic E-state index is -0.953. The molecule has 0 saturated heterocycles. The highest BCUT2D eigenvalue weighted by Crippen LogP contribution is 2.30. The third-order valence-corrected chi connectivity index (χ3v) is 2.87. The molecule has 0 aromatic heterocycles. The lowest BCUT2D eigenvalue weighted by Crippen LogP contribution is -2.31. The Labute approximate surface area is 83.9 Å². The molecule has 1 fully saturated rings. The molecule has 0 spiro atoms. The van der Waals surface area contributed by atoms with E-state index in [0.717, 1.165) is 19.3 Å². The molecule has 4 nitrogen and oxygen atoms in total. The van der Waals surface area contributed by atoms with Gasteiger partial charge in [-0.15, -0.1) is 0 Å². The van der Waals surface area contributed by atoms with Crippen molar-refractivity contribution in [2.45, 2.75) is 32.6 Å². The quantitative estimate of drug-likeness (QED) is 0.558. The standard InChI is InChI=1S/C10H17NO3/c1-7-5-3-4-6-8(7)9(10(12)13)11-14-2/h7-8H,3-6H2,1-2H3,(H,12,13)/b11-9+. The van der Waals surface area contributed by atoms with Crippen molar-refractivity contribution in [3.63, 3.8) is 0 Å². The Kier molecular flexibility index (Phi) is 3.92. The Hall–Kier alpha value is -1.06. The molecule has 1 rings (SSSR count). The SMILES string of the molecule is CO/N=C(/C(=O)O)C1CCCCC1C. The molecule has 0 bridgehead atoms. The average molecular weight is 199 g/mol. The summed E-state index contributed by atoms with van der Waals surface area (Å²) in [6.07, 6.45) is 4.28. The third-order valence-electron chi connectivity index (χ3n) is 2.87. The van der Waals surface area contributed by atoms with Crippen LogP contribution < -0.4 is 0 Å². The van der Waals surface area contributed by atoms with E-state index in [9.17, 15) is 4.79 Å². The predicted molar refractivity (Wildman–Crippen MR) is 53.2 cm³/mol. The van der Waals surface area contributed by atoms with Crippen LogP contribution in [0, 0.1) is 11.8 Å². The van der Waals surface area contributed by atoms with Crippen LogP contribution in [0.3, 0.4) is 0 Å². The van der Waals surface area contributed by atoms with Crippen LogP contribution >= 0.6 is 0 Å². The monoisotopic (exact) mass is 199 g/mol. The summed E-state index contributed by atoms with van der Waals surface area (Å²) in [6, 6.07) is 0. The highest BCUT2D eigenvalue weighted by Gasteiger charge is 2.30. The Morgan fingerprint density at radius 2 is 2.07 bits per heavy atom. The topological polar surface area (TPSA) is 58.9 Å². The molecular weight excluding hydrogens is 182 g/mol. The first-order valence-corrected chi connectivity index (χ1v) is 5.01. The van der Waals surface area contributed by atoms with Gasteiger partial charge < -0.3 is 9.94 Å². The molecule has 0 aromatic rings. The second-order valence-corrected chi connectivity index (χ2v) is 3.83. The number of aliphatic carboxylic acids is 1. The molecule has 0 radical (unpaired) electrons. The normalized spacial score (nSPS) is 28.6. The molecule has 2 atom stereocenters. The molecule has 1 N–H and O–H groups in total. The van der Waals surface area contributed by atoms with Crippen LogP contribution in [-0.4, -0.2) is 23.9 Å². The molecule has 0 heterocycles. The van der Waals surface area contributed by atoms with Gasteiger partial charge in [-0.25, -0.2) is 4.79 Å². The van der Waals surface area contributed by atoms with Crippen LogP contribution in [0.1, 0.15) is 32.6 Å². The van der Waals surface area contributed by atoms with E-state index < -0.39 is 5.97 Å². The molecular formula is C10H17NO3. The summed E-state index contributed by atoms with van der Waals surface area (Å²) in [7, 11) is 1.39. The van der Waals surface area contributed by atoms with Gasteiger partial charge in [0.15, 0.2) is 5.71 Å². The second kappa shape index (κ2) is 4.98. The minimum Gasteiger partial charge on any atom is -0.477 e. The Morgan fingerprint density at radius 1 is 1.43 bits per heavy atom. The van der Waals surface area contributed by atoms with Gasteiger partial charge in [0.1, 0.15) is 7.11 Å². The predicted octanol–water partition coefficient (Wildman–Crippen LogP) is 1.90. The van der Waals surface area contributed by atoms with E-state index >= 15 is 0 Å². The zero-order chi connectivity index (χ0) is 10.6. The van der Waals surface area contributed by atoms with Gasteiger partial charge >= 0.3 is 5.97 Å². The van der Waals surface area contributed by atoms with Crippen molar-refractivity contribution in [1.82, 2.24) is 0 Å². The van der Waals surface area contributed by atoms with Gasteiger partial charge in [0.05, 0.1) is 0 Å². The van der Waals surface area contributed by atoms with Gasteiger partial charge in [-0.3, -0.25) is 0 Å². The van der Waals surface area contributed by atoms with Crippen LogP contribution in [0.25, 0.3) is 0 Å². The Morgan fingerprint density at radius 3 is 2.57 bits per heavy atom. The van der Waals surface area contributed by atoms with Crippen molar-refractivity contribution in [2.75, 3.05) is 7.11 Å². The molecule has 0 aliphatic heterocycles. The van der Waals surface area contributed by atoms with Gasteiger partial charge in [0.25, 0.3) is 0 Å². The van der Waals surface area contributed by atoms with Gasteiger partial charge in [-0.1, -0.05) is 31.3 Å². The molecule has 1 aliphatic rings. The van der Waals surface area contributed by atoms with Crippen molar-refractivity contribution in [3.8, 4) is 0 Å². The van der Waals surface area contributed by atoms with Gasteiger partial charge in [0.2, 0.25) is 0 Å². The molecule has 1 aliphatic carbocycles. The van der Waals surface area contributed by atoms with Crippen molar-refractivity contribution in [3.05, 3.63) is 0 Å². The highest BCUT2D eigenvalue weighted by molar-refractivity contribution is 6.36. The number of carboxylic acid groups (broad SMARTS) is 1. The van der Waals surface area contributed by atoms with E-state index in [1.807, 2.05) is 0 Å². The van der Waals surface area contributed by atoms with Crippen molar-refractivity contribution < 1.29 is 14.7 Å². The lowest BCUT2D eigenvalue weighted by atomic mass is 9.78. The van der Waals surface area contributed by atoms with Crippen molar-refractivity contribution in [1.29, 1.82) is 0 Å². The van der Waals surface area contributed by atoms with E-state index in [0.29, 0.717) is 5.92 Å². The summed E-state index contributed by atoms with van der Waals surface area (Å²) in [6.45, 7) is 2.08. The third kappa shape index (κ3) is 2.47. The van der Waals surface area contributed by atoms with Crippen molar-refractivity contribution >= 4 is 11.7 Å². The van der Waals surface area contributed by atoms with E-state index in [2.05, 4.69) is 16.9 Å². The summed E-state index contributed by atoms with van der Waals surface area (Å²) in [5.74, 6) is -0.499. The van der Waals surface area contributed by atoms with E-state index in [-0.39, 0.29) is 11.6 Å². The van der Waals surface area contributed by atoms with Crippen LogP contribution in [0.2, 0.25) is 0 Å². The van der Waals surface area contributed by atoms with Gasteiger partial charge in [-0.05, 0) is 12.3 Å². The van der Waals surface area contributed by atoms with Crippen LogP contribution in [0.4, 0.5) is 0 Å². The smallest absolute Gasteiger partial charge is 0.353 e. The number of nitrogens with zero attached hydrogens (tertiary/aromatic N) is 1. The number of oxime groups is 1. The van der Waals surface area contributed by atoms with Crippen LogP contribution in [-0.2, 0) is 9.63 Å². The zero-order valence-electron chi connectivity index (χ0n) is 8.69. The summed E-state index contributed by atoms with van der Waals surface area (Å²) < 4.78 is 0. The number of hydrogen-bond acceptors (Lipinski definition) is 3. The van der Waals surface area contributed by atoms with E-state index in [4.69, 9.17) is 5.11 Å². The number of rotatable bonds is 3. The van der Waals surface area contributed by atoms with E-state index in [1.54, 1.807) is 0 Å². The fourth-order valence-electron chi connectivity index (χ4n) is 2.09. The number of carboxylic acids is 1. The lowest BCUT2D eigenvalue weighted by molar-refractivity contribution is -0.130. The number of hydrogen-bond donors (Lipinski definition) is 1. The largest absolute Gasteiger partial charge is 0.477 e. The second-order valence-electron chi connectivity index (χ2n) is 3.83. The maximum absolute atomic E-state index is 10.9. The first-order valence-electron chi connectivity index (χ1n) is 5.01. The van der Waals surface area contributed by atoms with Gasteiger partial charge in [-0.2, -0.15) is 0 Å². The fraction of sp³-hybridized carbons (Fsp3) is 0.800. The summed E-state index contributed by atoms with van der Waals surface area (Å²) in [5.41, 5.74) is 0.180. The molecule has 14 heavy (non-hydrogen) atoms. The molecule has 80 valence electrons. The van der Waals surface area contributed by atoms with Crippen molar-refractivity contribution in [2.24, 2.45) is 17.0 Å². The lowest BCUT2D eigenvalue weighted by Gasteiger charge is -2.27. The fourth-order valence-corrected chi connectivity index (χ4v) is 2.09. The summed E-state index contributed by atoms with van der Waals surface area (Å²) >= 11 is 0. The minimum absolute atomic E-state index is 0.0567. The van der Waals surface area contributed by atoms with Crippen LogP contribution in [0.5, 0.6) is 0 Å². The molecule has 2 unspecified atom stereocenters. The molecule has 0 aromatic carbocycles. The molecule has 0 amide bonds. The maximum atomic E-state index is 10.9. The van der Waals surface area contributed by atoms with Crippen LogP contribution in [0.15, 0.2) is 5.16 Å². The average Bonchev–Trinajstić information content (AvgIpc) is 2.15. The first-order chi connectivity index (χ1) is 6.66.